The van der Waals surface area contributed by atoms with Crippen molar-refractivity contribution in [3.05, 3.63) is 70.8 Å². The van der Waals surface area contributed by atoms with Crippen LogP contribution in [0.2, 0.25) is 0 Å². The number of piperidine rings is 1. The van der Waals surface area contributed by atoms with E-state index in [4.69, 9.17) is 14.2 Å². The lowest BCUT2D eigenvalue weighted by molar-refractivity contribution is -0.255. The van der Waals surface area contributed by atoms with E-state index in [2.05, 4.69) is 15.5 Å². The number of hydrogen-bond donors (Lipinski definition) is 3. The Morgan fingerprint density at radius 2 is 1.60 bits per heavy atom. The number of aliphatic hydroxyl groups is 1. The summed E-state index contributed by atoms with van der Waals surface area (Å²) in [6.07, 6.45) is 5.38. The first kappa shape index (κ1) is 36.0. The summed E-state index contributed by atoms with van der Waals surface area (Å²) in [6, 6.07) is 15.8. The maximum atomic E-state index is 13.7. The number of fused-ring (bicyclic) bond motifs is 1. The van der Waals surface area contributed by atoms with Gasteiger partial charge < -0.3 is 30.0 Å². The van der Waals surface area contributed by atoms with Crippen molar-refractivity contribution in [3.8, 4) is 0 Å². The first-order chi connectivity index (χ1) is 22.9. The van der Waals surface area contributed by atoms with Crippen LogP contribution in [0.4, 0.5) is 0 Å². The van der Waals surface area contributed by atoms with Crippen molar-refractivity contribution in [1.82, 2.24) is 15.5 Å². The molecule has 0 aromatic heterocycles. The van der Waals surface area contributed by atoms with Crippen molar-refractivity contribution in [2.24, 2.45) is 5.92 Å². The van der Waals surface area contributed by atoms with Crippen molar-refractivity contribution in [2.75, 3.05) is 6.54 Å². The Labute approximate surface area is 284 Å². The molecule has 10 nitrogen and oxygen atoms in total. The van der Waals surface area contributed by atoms with E-state index in [0.29, 0.717) is 24.9 Å². The molecular formula is C38H53N3O7. The molecule has 1 saturated carbocycles. The van der Waals surface area contributed by atoms with Crippen LogP contribution in [0.5, 0.6) is 0 Å². The first-order valence-corrected chi connectivity index (χ1v) is 17.5. The number of carbonyl (C=O) groups is 3. The molecule has 7 atom stereocenters. The third kappa shape index (κ3) is 9.43. The second-order valence-corrected chi connectivity index (χ2v) is 14.7. The molecule has 0 spiro atoms. The highest BCUT2D eigenvalue weighted by Crippen LogP contribution is 2.42. The Morgan fingerprint density at radius 3 is 2.27 bits per heavy atom. The third-order valence-corrected chi connectivity index (χ3v) is 9.77. The van der Waals surface area contributed by atoms with E-state index in [-0.39, 0.29) is 48.8 Å². The molecule has 2 aromatic carbocycles. The summed E-state index contributed by atoms with van der Waals surface area (Å²) >= 11 is 0. The maximum absolute atomic E-state index is 13.7. The van der Waals surface area contributed by atoms with E-state index in [0.717, 1.165) is 41.5 Å². The summed E-state index contributed by atoms with van der Waals surface area (Å²) in [5.74, 6) is -0.173. The van der Waals surface area contributed by atoms with Crippen molar-refractivity contribution in [1.29, 1.82) is 0 Å². The number of rotatable bonds is 10. The van der Waals surface area contributed by atoms with Crippen LogP contribution in [0.15, 0.2) is 48.5 Å². The second-order valence-electron chi connectivity index (χ2n) is 14.7. The van der Waals surface area contributed by atoms with E-state index in [1.807, 2.05) is 69.3 Å². The van der Waals surface area contributed by atoms with Crippen LogP contribution < -0.4 is 10.6 Å². The standard InChI is InChI=1S/C38H53N3O7/c1-24(46-25(2)43)35(44)39-21-26-10-16-30(17-11-26)37-47-31(20-34(48-37)29-14-12-27(23-42)13-15-29)22-41-32-9-7-6-8-28(32)18-19-33(41)36(45)40-38(3,4)5/h10-17,24,28,31-34,37,42H,6-9,18-23H2,1-5H3,(H,39,44)(H,40,45)/t24-,28+,31-,32+,33+,34+,37+/m0/s1. The number of esters is 1. The maximum Gasteiger partial charge on any atom is 0.303 e. The average Bonchev–Trinajstić information content (AvgIpc) is 3.06. The van der Waals surface area contributed by atoms with E-state index < -0.39 is 18.4 Å². The van der Waals surface area contributed by atoms with Gasteiger partial charge in [0.2, 0.25) is 5.91 Å². The highest BCUT2D eigenvalue weighted by atomic mass is 16.7. The molecular weight excluding hydrogens is 610 g/mol. The minimum Gasteiger partial charge on any atom is -0.453 e. The number of amides is 2. The molecule has 48 heavy (non-hydrogen) atoms. The molecule has 0 radical (unpaired) electrons. The molecule has 3 fully saturated rings. The van der Waals surface area contributed by atoms with Crippen molar-refractivity contribution in [2.45, 2.75) is 135 Å². The third-order valence-electron chi connectivity index (χ3n) is 9.77. The smallest absolute Gasteiger partial charge is 0.303 e. The monoisotopic (exact) mass is 663 g/mol. The fourth-order valence-corrected chi connectivity index (χ4v) is 7.42. The Balaban J connectivity index is 1.35. The normalized spacial score (nSPS) is 27.0. The van der Waals surface area contributed by atoms with Crippen molar-refractivity contribution in [3.63, 3.8) is 0 Å². The van der Waals surface area contributed by atoms with Crippen molar-refractivity contribution >= 4 is 17.8 Å². The number of ether oxygens (including phenoxy) is 3. The molecule has 2 heterocycles. The summed E-state index contributed by atoms with van der Waals surface area (Å²) in [6.45, 7) is 9.81. The average molecular weight is 664 g/mol. The van der Waals surface area contributed by atoms with E-state index >= 15 is 0 Å². The summed E-state index contributed by atoms with van der Waals surface area (Å²) in [5.41, 5.74) is 3.29. The fraction of sp³-hybridized carbons (Fsp3) is 0.605. The summed E-state index contributed by atoms with van der Waals surface area (Å²) in [5, 5.41) is 15.7. The molecule has 3 aliphatic rings. The minimum atomic E-state index is -0.867. The second kappa shape index (κ2) is 15.9. The fourth-order valence-electron chi connectivity index (χ4n) is 7.42. The number of carbonyl (C=O) groups excluding carboxylic acids is 3. The van der Waals surface area contributed by atoms with Crippen molar-refractivity contribution < 1.29 is 33.7 Å². The Hall–Kier alpha value is -3.31. The number of benzene rings is 2. The number of nitrogens with one attached hydrogen (secondary N) is 2. The predicted octanol–water partition coefficient (Wildman–Crippen LogP) is 5.23. The zero-order valence-corrected chi connectivity index (χ0v) is 29.1. The van der Waals surface area contributed by atoms with Gasteiger partial charge in [0.1, 0.15) is 0 Å². The van der Waals surface area contributed by atoms with E-state index in [9.17, 15) is 19.5 Å². The SMILES string of the molecule is CC(=O)O[C@@H](C)C(=O)NCc1ccc([C@@H]2O[C@H](CN3[C@@H](C(=O)NC(C)(C)C)CC[C@H]4CCCC[C@H]43)C[C@H](c3ccc(CO)cc3)O2)cc1. The van der Waals surface area contributed by atoms with Gasteiger partial charge in [-0.3, -0.25) is 19.3 Å². The summed E-state index contributed by atoms with van der Waals surface area (Å²) < 4.78 is 18.3. The predicted molar refractivity (Wildman–Crippen MR) is 181 cm³/mol. The lowest BCUT2D eigenvalue weighted by Gasteiger charge is -2.50. The van der Waals surface area contributed by atoms with Crippen LogP contribution in [0, 0.1) is 5.92 Å². The summed E-state index contributed by atoms with van der Waals surface area (Å²) in [4.78, 5) is 39.7. The number of hydrogen-bond acceptors (Lipinski definition) is 8. The molecule has 2 amide bonds. The zero-order chi connectivity index (χ0) is 34.4. The van der Waals surface area contributed by atoms with E-state index in [1.54, 1.807) is 6.92 Å². The molecule has 5 rings (SSSR count). The van der Waals surface area contributed by atoms with Gasteiger partial charge in [-0.05, 0) is 76.0 Å². The van der Waals surface area contributed by atoms with Gasteiger partial charge in [0.05, 0.1) is 24.9 Å². The van der Waals surface area contributed by atoms with Crippen LogP contribution in [0.1, 0.15) is 114 Å². The van der Waals surface area contributed by atoms with Crippen LogP contribution in [-0.4, -0.2) is 64.2 Å². The van der Waals surface area contributed by atoms with Gasteiger partial charge in [-0.1, -0.05) is 61.4 Å². The zero-order valence-electron chi connectivity index (χ0n) is 29.1. The Kier molecular flexibility index (Phi) is 11.9. The minimum absolute atomic E-state index is 0.0227. The molecule has 10 heteroatoms. The van der Waals surface area contributed by atoms with Gasteiger partial charge in [0.25, 0.3) is 5.91 Å². The molecule has 2 aromatic rings. The van der Waals surface area contributed by atoms with Crippen LogP contribution in [0.3, 0.4) is 0 Å². The lowest BCUT2D eigenvalue weighted by atomic mass is 9.75. The number of aliphatic hydroxyl groups excluding tert-OH is 1. The molecule has 0 bridgehead atoms. The number of likely N-dealkylation sites (tertiary alicyclic amines) is 1. The molecule has 3 N–H and O–H groups in total. The molecule has 2 saturated heterocycles. The quantitative estimate of drug-likeness (QED) is 0.295. The largest absolute Gasteiger partial charge is 0.453 e. The van der Waals surface area contributed by atoms with Gasteiger partial charge >= 0.3 is 5.97 Å². The Morgan fingerprint density at radius 1 is 0.938 bits per heavy atom. The summed E-state index contributed by atoms with van der Waals surface area (Å²) in [7, 11) is 0. The van der Waals surface area contributed by atoms with Gasteiger partial charge in [-0.15, -0.1) is 0 Å². The van der Waals surface area contributed by atoms with Gasteiger partial charge in [-0.25, -0.2) is 0 Å². The topological polar surface area (TPSA) is 126 Å². The number of nitrogens with zero attached hydrogens (tertiary/aromatic N) is 1. The van der Waals surface area contributed by atoms with Gasteiger partial charge in [-0.2, -0.15) is 0 Å². The highest BCUT2D eigenvalue weighted by Gasteiger charge is 2.44. The van der Waals surface area contributed by atoms with Crippen LogP contribution in [0.25, 0.3) is 0 Å². The van der Waals surface area contributed by atoms with Gasteiger partial charge in [0, 0.05) is 43.6 Å². The molecule has 2 aliphatic heterocycles. The molecule has 262 valence electrons. The first-order valence-electron chi connectivity index (χ1n) is 17.5. The van der Waals surface area contributed by atoms with E-state index in [1.165, 1.54) is 26.2 Å². The molecule has 1 aliphatic carbocycles. The highest BCUT2D eigenvalue weighted by molar-refractivity contribution is 5.83. The van der Waals surface area contributed by atoms with Crippen LogP contribution >= 0.6 is 0 Å². The van der Waals surface area contributed by atoms with Gasteiger partial charge in [0.15, 0.2) is 12.4 Å². The lowest BCUT2D eigenvalue weighted by Crippen LogP contribution is -2.61. The Bertz CT molecular complexity index is 1390. The molecule has 0 unspecified atom stereocenters. The van der Waals surface area contributed by atoms with Crippen LogP contribution in [-0.2, 0) is 41.7 Å².